The average molecular weight is 293 g/mol. The Bertz CT molecular complexity index is 487. The molecule has 1 unspecified atom stereocenters. The molecule has 1 aromatic carbocycles. The lowest BCUT2D eigenvalue weighted by atomic mass is 9.97. The normalized spacial score (nSPS) is 20.6. The van der Waals surface area contributed by atoms with E-state index in [0.717, 1.165) is 37.4 Å². The molecule has 0 bridgehead atoms. The molecule has 1 aliphatic rings. The average Bonchev–Trinajstić information content (AvgIpc) is 2.42. The van der Waals surface area contributed by atoms with E-state index in [4.69, 9.17) is 0 Å². The van der Waals surface area contributed by atoms with E-state index in [1.54, 1.807) is 6.07 Å². The number of nitrogens with zero attached hydrogens (tertiary/aromatic N) is 2. The van der Waals surface area contributed by atoms with Gasteiger partial charge in [0.25, 0.3) is 0 Å². The number of hydrogen-bond acceptors (Lipinski definition) is 3. The maximum Gasteiger partial charge on any atom is 0.146 e. The summed E-state index contributed by atoms with van der Waals surface area (Å²) in [6.07, 6.45) is 0. The van der Waals surface area contributed by atoms with E-state index in [9.17, 15) is 4.39 Å². The van der Waals surface area contributed by atoms with Crippen molar-refractivity contribution in [2.24, 2.45) is 0 Å². The second-order valence-corrected chi connectivity index (χ2v) is 6.61. The van der Waals surface area contributed by atoms with Crippen molar-refractivity contribution in [2.75, 3.05) is 38.1 Å². The maximum absolute atomic E-state index is 14.5. The molecule has 4 heteroatoms. The summed E-state index contributed by atoms with van der Waals surface area (Å²) in [6, 6.07) is 5.58. The molecule has 0 spiro atoms. The quantitative estimate of drug-likeness (QED) is 0.920. The molecule has 1 N–H and O–H groups in total. The van der Waals surface area contributed by atoms with Crippen LogP contribution < -0.4 is 10.2 Å². The second kappa shape index (κ2) is 6.32. The predicted molar refractivity (Wildman–Crippen MR) is 87.4 cm³/mol. The molecule has 0 aliphatic carbocycles. The molecule has 0 saturated carbocycles. The number of hydrogen-bond donors (Lipinski definition) is 1. The minimum atomic E-state index is -0.113. The van der Waals surface area contributed by atoms with Crippen molar-refractivity contribution in [3.63, 3.8) is 0 Å². The smallest absolute Gasteiger partial charge is 0.146 e. The zero-order chi connectivity index (χ0) is 15.6. The minimum Gasteiger partial charge on any atom is -0.366 e. The molecule has 0 aromatic heterocycles. The van der Waals surface area contributed by atoms with Crippen molar-refractivity contribution in [1.29, 1.82) is 0 Å². The number of para-hydroxylation sites is 1. The van der Waals surface area contributed by atoms with E-state index in [0.29, 0.717) is 0 Å². The molecule has 1 aliphatic heterocycles. The SMILES string of the molecule is CCNC(C)c1cccc(F)c1N1CCN(C)C(C)(C)C1. The van der Waals surface area contributed by atoms with E-state index in [1.807, 2.05) is 12.1 Å². The number of nitrogens with one attached hydrogen (secondary N) is 1. The van der Waals surface area contributed by atoms with Crippen molar-refractivity contribution < 1.29 is 4.39 Å². The summed E-state index contributed by atoms with van der Waals surface area (Å²) >= 11 is 0. The van der Waals surface area contributed by atoms with Crippen LogP contribution in [0.4, 0.5) is 10.1 Å². The van der Waals surface area contributed by atoms with Gasteiger partial charge in [-0.1, -0.05) is 19.1 Å². The third kappa shape index (κ3) is 3.38. The third-order valence-electron chi connectivity index (χ3n) is 4.63. The molecule has 21 heavy (non-hydrogen) atoms. The van der Waals surface area contributed by atoms with Crippen LogP contribution in [0, 0.1) is 5.82 Å². The highest BCUT2D eigenvalue weighted by atomic mass is 19.1. The third-order valence-corrected chi connectivity index (χ3v) is 4.63. The Hall–Kier alpha value is -1.13. The first-order valence-electron chi connectivity index (χ1n) is 7.85. The highest BCUT2D eigenvalue weighted by Gasteiger charge is 2.33. The highest BCUT2D eigenvalue weighted by Crippen LogP contribution is 2.32. The number of benzene rings is 1. The lowest BCUT2D eigenvalue weighted by molar-refractivity contribution is 0.138. The summed E-state index contributed by atoms with van der Waals surface area (Å²) in [5.74, 6) is -0.113. The first-order valence-corrected chi connectivity index (χ1v) is 7.85. The lowest BCUT2D eigenvalue weighted by Gasteiger charge is -2.47. The number of anilines is 1. The Kier molecular flexibility index (Phi) is 4.89. The van der Waals surface area contributed by atoms with Crippen LogP contribution in [0.25, 0.3) is 0 Å². The largest absolute Gasteiger partial charge is 0.366 e. The number of piperazine rings is 1. The summed E-state index contributed by atoms with van der Waals surface area (Å²) in [4.78, 5) is 4.55. The van der Waals surface area contributed by atoms with Crippen LogP contribution in [0.2, 0.25) is 0 Å². The van der Waals surface area contributed by atoms with Crippen LogP contribution in [-0.2, 0) is 0 Å². The molecule has 1 heterocycles. The van der Waals surface area contributed by atoms with Gasteiger partial charge in [-0.2, -0.15) is 0 Å². The molecule has 118 valence electrons. The molecule has 0 amide bonds. The van der Waals surface area contributed by atoms with Gasteiger partial charge in [0, 0.05) is 31.2 Å². The molecule has 3 nitrogen and oxygen atoms in total. The summed E-state index contributed by atoms with van der Waals surface area (Å²) in [6.45, 7) is 12.2. The molecule has 1 atom stereocenters. The second-order valence-electron chi connectivity index (χ2n) is 6.61. The van der Waals surface area contributed by atoms with E-state index in [1.165, 1.54) is 0 Å². The van der Waals surface area contributed by atoms with Crippen LogP contribution >= 0.6 is 0 Å². The number of halogens is 1. The number of rotatable bonds is 4. The van der Waals surface area contributed by atoms with Crippen LogP contribution in [0.3, 0.4) is 0 Å². The molecule has 0 radical (unpaired) electrons. The molecule has 2 rings (SSSR count). The maximum atomic E-state index is 14.5. The van der Waals surface area contributed by atoms with Gasteiger partial charge in [-0.25, -0.2) is 4.39 Å². The summed E-state index contributed by atoms with van der Waals surface area (Å²) in [5, 5.41) is 3.39. The molecule has 1 aromatic rings. The predicted octanol–water partition coefficient (Wildman–Crippen LogP) is 3.03. The standard InChI is InChI=1S/C17H28FN3/c1-6-19-13(2)14-8-7-9-15(18)16(14)21-11-10-20(5)17(3,4)12-21/h7-9,13,19H,6,10-12H2,1-5H3. The lowest BCUT2D eigenvalue weighted by Crippen LogP contribution is -2.58. The van der Waals surface area contributed by atoms with Gasteiger partial charge in [0.2, 0.25) is 0 Å². The fourth-order valence-corrected chi connectivity index (χ4v) is 3.06. The van der Waals surface area contributed by atoms with E-state index in [-0.39, 0.29) is 17.4 Å². The summed E-state index contributed by atoms with van der Waals surface area (Å²) in [7, 11) is 2.14. The van der Waals surface area contributed by atoms with Crippen molar-refractivity contribution >= 4 is 5.69 Å². The fourth-order valence-electron chi connectivity index (χ4n) is 3.06. The van der Waals surface area contributed by atoms with E-state index < -0.39 is 0 Å². The Balaban J connectivity index is 2.35. The zero-order valence-electron chi connectivity index (χ0n) is 13.9. The topological polar surface area (TPSA) is 18.5 Å². The van der Waals surface area contributed by atoms with Crippen molar-refractivity contribution in [1.82, 2.24) is 10.2 Å². The Morgan fingerprint density at radius 3 is 2.67 bits per heavy atom. The van der Waals surface area contributed by atoms with Crippen molar-refractivity contribution in [2.45, 2.75) is 39.3 Å². The van der Waals surface area contributed by atoms with Crippen LogP contribution in [-0.4, -0.2) is 43.7 Å². The van der Waals surface area contributed by atoms with Gasteiger partial charge in [0.15, 0.2) is 0 Å². The van der Waals surface area contributed by atoms with Crippen LogP contribution in [0.1, 0.15) is 39.3 Å². The van der Waals surface area contributed by atoms with Gasteiger partial charge >= 0.3 is 0 Å². The molecule has 1 saturated heterocycles. The highest BCUT2D eigenvalue weighted by molar-refractivity contribution is 5.57. The van der Waals surface area contributed by atoms with Gasteiger partial charge in [-0.05, 0) is 46.0 Å². The van der Waals surface area contributed by atoms with E-state index >= 15 is 0 Å². The van der Waals surface area contributed by atoms with Crippen LogP contribution in [0.5, 0.6) is 0 Å². The van der Waals surface area contributed by atoms with Gasteiger partial charge < -0.3 is 10.2 Å². The Morgan fingerprint density at radius 2 is 2.05 bits per heavy atom. The molecule has 1 fully saturated rings. The van der Waals surface area contributed by atoms with Crippen molar-refractivity contribution in [3.8, 4) is 0 Å². The Morgan fingerprint density at radius 1 is 1.33 bits per heavy atom. The number of likely N-dealkylation sites (N-methyl/N-ethyl adjacent to an activating group) is 1. The minimum absolute atomic E-state index is 0.0548. The molecular weight excluding hydrogens is 265 g/mol. The van der Waals surface area contributed by atoms with Gasteiger partial charge in [0.1, 0.15) is 5.82 Å². The monoisotopic (exact) mass is 293 g/mol. The first-order chi connectivity index (χ1) is 9.86. The van der Waals surface area contributed by atoms with Gasteiger partial charge in [-0.15, -0.1) is 0 Å². The van der Waals surface area contributed by atoms with Crippen molar-refractivity contribution in [3.05, 3.63) is 29.6 Å². The van der Waals surface area contributed by atoms with E-state index in [2.05, 4.69) is 49.9 Å². The fraction of sp³-hybridized carbons (Fsp3) is 0.647. The van der Waals surface area contributed by atoms with Gasteiger partial charge in [-0.3, -0.25) is 4.90 Å². The zero-order valence-corrected chi connectivity index (χ0v) is 13.9. The summed E-state index contributed by atoms with van der Waals surface area (Å²) < 4.78 is 14.5. The van der Waals surface area contributed by atoms with Crippen LogP contribution in [0.15, 0.2) is 18.2 Å². The Labute approximate surface area is 128 Å². The van der Waals surface area contributed by atoms with Gasteiger partial charge in [0.05, 0.1) is 5.69 Å². The summed E-state index contributed by atoms with van der Waals surface area (Å²) in [5.41, 5.74) is 1.88. The molecular formula is C17H28FN3. The first kappa shape index (κ1) is 16.2.